The minimum atomic E-state index is -0.250. The van der Waals surface area contributed by atoms with Crippen molar-refractivity contribution in [3.8, 4) is 0 Å². The summed E-state index contributed by atoms with van der Waals surface area (Å²) in [4.78, 5) is 11.9. The standard InChI is InChI=1S/C14H18O3/c1-16-12-9-5-6-10-13(12)17-14(15)11-7-3-2-4-8-11/h2-4,7-8,12-13H,5-6,9-10H2,1H3/t12-,13-/m0/s1. The molecule has 17 heavy (non-hydrogen) atoms. The highest BCUT2D eigenvalue weighted by Gasteiger charge is 2.28. The summed E-state index contributed by atoms with van der Waals surface area (Å²) in [5.74, 6) is -0.250. The fraction of sp³-hybridized carbons (Fsp3) is 0.500. The van der Waals surface area contributed by atoms with E-state index in [0.717, 1.165) is 25.7 Å². The van der Waals surface area contributed by atoms with Crippen molar-refractivity contribution in [2.24, 2.45) is 0 Å². The topological polar surface area (TPSA) is 35.5 Å². The van der Waals surface area contributed by atoms with Crippen molar-refractivity contribution in [1.29, 1.82) is 0 Å². The van der Waals surface area contributed by atoms with E-state index in [4.69, 9.17) is 9.47 Å². The molecule has 0 spiro atoms. The van der Waals surface area contributed by atoms with E-state index < -0.39 is 0 Å². The van der Waals surface area contributed by atoms with Gasteiger partial charge in [-0.05, 0) is 31.4 Å². The van der Waals surface area contributed by atoms with Crippen LogP contribution in [0.25, 0.3) is 0 Å². The van der Waals surface area contributed by atoms with Crippen LogP contribution in [-0.2, 0) is 9.47 Å². The number of carbonyl (C=O) groups excluding carboxylic acids is 1. The van der Waals surface area contributed by atoms with Crippen LogP contribution in [0.1, 0.15) is 36.0 Å². The van der Waals surface area contributed by atoms with Gasteiger partial charge in [-0.3, -0.25) is 0 Å². The van der Waals surface area contributed by atoms with Crippen molar-refractivity contribution in [2.45, 2.75) is 37.9 Å². The second-order valence-electron chi connectivity index (χ2n) is 4.37. The fourth-order valence-electron chi connectivity index (χ4n) is 2.25. The molecule has 1 aliphatic rings. The van der Waals surface area contributed by atoms with E-state index >= 15 is 0 Å². The van der Waals surface area contributed by atoms with E-state index in [2.05, 4.69) is 0 Å². The molecule has 2 atom stereocenters. The van der Waals surface area contributed by atoms with Crippen LogP contribution in [0.15, 0.2) is 30.3 Å². The second-order valence-corrected chi connectivity index (χ2v) is 4.37. The van der Waals surface area contributed by atoms with Crippen LogP contribution in [0.4, 0.5) is 0 Å². The van der Waals surface area contributed by atoms with Crippen LogP contribution in [-0.4, -0.2) is 25.3 Å². The molecule has 0 heterocycles. The average molecular weight is 234 g/mol. The summed E-state index contributed by atoms with van der Waals surface area (Å²) in [6.45, 7) is 0. The molecular formula is C14H18O3. The lowest BCUT2D eigenvalue weighted by Gasteiger charge is -2.29. The number of hydrogen-bond donors (Lipinski definition) is 0. The molecule has 3 heteroatoms. The van der Waals surface area contributed by atoms with E-state index in [-0.39, 0.29) is 18.2 Å². The van der Waals surface area contributed by atoms with Gasteiger partial charge in [-0.15, -0.1) is 0 Å². The van der Waals surface area contributed by atoms with Crippen molar-refractivity contribution in [3.63, 3.8) is 0 Å². The number of ether oxygens (including phenoxy) is 2. The highest BCUT2D eigenvalue weighted by atomic mass is 16.6. The highest BCUT2D eigenvalue weighted by molar-refractivity contribution is 5.89. The zero-order chi connectivity index (χ0) is 12.1. The Labute approximate surface area is 102 Å². The largest absolute Gasteiger partial charge is 0.456 e. The van der Waals surface area contributed by atoms with Crippen molar-refractivity contribution < 1.29 is 14.3 Å². The smallest absolute Gasteiger partial charge is 0.338 e. The maximum absolute atomic E-state index is 11.9. The van der Waals surface area contributed by atoms with Gasteiger partial charge in [0, 0.05) is 7.11 Å². The van der Waals surface area contributed by atoms with Gasteiger partial charge in [-0.2, -0.15) is 0 Å². The summed E-state index contributed by atoms with van der Waals surface area (Å²) >= 11 is 0. The number of hydrogen-bond acceptors (Lipinski definition) is 3. The monoisotopic (exact) mass is 234 g/mol. The molecule has 92 valence electrons. The fourth-order valence-corrected chi connectivity index (χ4v) is 2.25. The minimum absolute atomic E-state index is 0.0522. The van der Waals surface area contributed by atoms with E-state index in [1.807, 2.05) is 18.2 Å². The predicted octanol–water partition coefficient (Wildman–Crippen LogP) is 2.80. The van der Waals surface area contributed by atoms with Gasteiger partial charge in [0.05, 0.1) is 11.7 Å². The van der Waals surface area contributed by atoms with Gasteiger partial charge in [-0.25, -0.2) is 4.79 Å². The van der Waals surface area contributed by atoms with Crippen molar-refractivity contribution >= 4 is 5.97 Å². The summed E-state index contributed by atoms with van der Waals surface area (Å²) in [5.41, 5.74) is 0.605. The molecule has 1 aromatic rings. The summed E-state index contributed by atoms with van der Waals surface area (Å²) < 4.78 is 10.9. The Bertz CT molecular complexity index is 361. The van der Waals surface area contributed by atoms with Gasteiger partial charge in [0.2, 0.25) is 0 Å². The molecule has 2 rings (SSSR count). The number of methoxy groups -OCH3 is 1. The van der Waals surface area contributed by atoms with Crippen LogP contribution in [0.5, 0.6) is 0 Å². The van der Waals surface area contributed by atoms with Gasteiger partial charge >= 0.3 is 5.97 Å². The third-order valence-electron chi connectivity index (χ3n) is 3.21. The molecule has 0 aromatic heterocycles. The van der Waals surface area contributed by atoms with E-state index in [1.165, 1.54) is 0 Å². The number of benzene rings is 1. The van der Waals surface area contributed by atoms with E-state index in [9.17, 15) is 4.79 Å². The minimum Gasteiger partial charge on any atom is -0.456 e. The Balaban J connectivity index is 1.98. The Morgan fingerprint density at radius 2 is 1.76 bits per heavy atom. The molecule has 3 nitrogen and oxygen atoms in total. The molecule has 0 amide bonds. The van der Waals surface area contributed by atoms with Crippen LogP contribution >= 0.6 is 0 Å². The molecule has 0 aliphatic heterocycles. The third-order valence-corrected chi connectivity index (χ3v) is 3.21. The van der Waals surface area contributed by atoms with Crippen molar-refractivity contribution in [1.82, 2.24) is 0 Å². The summed E-state index contributed by atoms with van der Waals surface area (Å²) in [7, 11) is 1.68. The lowest BCUT2D eigenvalue weighted by Crippen LogP contribution is -2.35. The molecule has 0 radical (unpaired) electrons. The lowest BCUT2D eigenvalue weighted by atomic mass is 9.94. The zero-order valence-corrected chi connectivity index (χ0v) is 10.1. The quantitative estimate of drug-likeness (QED) is 0.754. The Kier molecular flexibility index (Phi) is 4.15. The molecule has 1 aromatic carbocycles. The van der Waals surface area contributed by atoms with Crippen LogP contribution in [0.3, 0.4) is 0 Å². The van der Waals surface area contributed by atoms with Crippen molar-refractivity contribution in [3.05, 3.63) is 35.9 Å². The number of rotatable bonds is 3. The summed E-state index contributed by atoms with van der Waals surface area (Å²) in [5, 5.41) is 0. The molecule has 1 fully saturated rings. The van der Waals surface area contributed by atoms with Crippen molar-refractivity contribution in [2.75, 3.05) is 7.11 Å². The molecule has 1 saturated carbocycles. The second kappa shape index (κ2) is 5.82. The molecule has 0 saturated heterocycles. The van der Waals surface area contributed by atoms with Crippen LogP contribution in [0.2, 0.25) is 0 Å². The molecule has 0 N–H and O–H groups in total. The Hall–Kier alpha value is -1.35. The maximum Gasteiger partial charge on any atom is 0.338 e. The third kappa shape index (κ3) is 3.07. The number of carbonyl (C=O) groups is 1. The SMILES string of the molecule is CO[C@H]1CCCC[C@@H]1OC(=O)c1ccccc1. The van der Waals surface area contributed by atoms with Crippen LogP contribution in [0, 0.1) is 0 Å². The summed E-state index contributed by atoms with van der Waals surface area (Å²) in [6, 6.07) is 9.10. The zero-order valence-electron chi connectivity index (χ0n) is 10.1. The first kappa shape index (κ1) is 12.1. The normalized spacial score (nSPS) is 24.3. The van der Waals surface area contributed by atoms with E-state index in [1.54, 1.807) is 19.2 Å². The predicted molar refractivity (Wildman–Crippen MR) is 64.9 cm³/mol. The van der Waals surface area contributed by atoms with Gasteiger partial charge in [0.1, 0.15) is 6.10 Å². The van der Waals surface area contributed by atoms with Crippen LogP contribution < -0.4 is 0 Å². The van der Waals surface area contributed by atoms with Gasteiger partial charge < -0.3 is 9.47 Å². The summed E-state index contributed by atoms with van der Waals surface area (Å²) in [6.07, 6.45) is 4.09. The van der Waals surface area contributed by atoms with Gasteiger partial charge in [-0.1, -0.05) is 24.6 Å². The molecule has 0 bridgehead atoms. The number of esters is 1. The highest BCUT2D eigenvalue weighted by Crippen LogP contribution is 2.24. The first-order valence-corrected chi connectivity index (χ1v) is 6.10. The lowest BCUT2D eigenvalue weighted by molar-refractivity contribution is -0.0539. The Morgan fingerprint density at radius 3 is 2.41 bits per heavy atom. The molecule has 1 aliphatic carbocycles. The van der Waals surface area contributed by atoms with Gasteiger partial charge in [0.15, 0.2) is 0 Å². The van der Waals surface area contributed by atoms with E-state index in [0.29, 0.717) is 5.56 Å². The molecule has 0 unspecified atom stereocenters. The molecular weight excluding hydrogens is 216 g/mol. The Morgan fingerprint density at radius 1 is 1.12 bits per heavy atom. The maximum atomic E-state index is 11.9. The first-order chi connectivity index (χ1) is 8.31. The first-order valence-electron chi connectivity index (χ1n) is 6.10. The average Bonchev–Trinajstić information content (AvgIpc) is 2.40. The van der Waals surface area contributed by atoms with Gasteiger partial charge in [0.25, 0.3) is 0 Å².